The van der Waals surface area contributed by atoms with Gasteiger partial charge >= 0.3 is 0 Å². The third-order valence-electron chi connectivity index (χ3n) is 5.95. The highest BCUT2D eigenvalue weighted by atomic mass is 32.2. The first-order chi connectivity index (χ1) is 13.8. The van der Waals surface area contributed by atoms with Gasteiger partial charge in [0.1, 0.15) is 11.9 Å². The van der Waals surface area contributed by atoms with Crippen molar-refractivity contribution in [2.75, 3.05) is 34.8 Å². The van der Waals surface area contributed by atoms with Gasteiger partial charge in [0.25, 0.3) is 0 Å². The van der Waals surface area contributed by atoms with E-state index in [1.165, 1.54) is 5.56 Å². The summed E-state index contributed by atoms with van der Waals surface area (Å²) in [7, 11) is 0. The lowest BCUT2D eigenvalue weighted by molar-refractivity contribution is -0.120. The molecule has 4 heterocycles. The Bertz CT molecular complexity index is 855. The minimum atomic E-state index is 0.0932. The molecule has 7 heteroatoms. The molecule has 1 aromatic carbocycles. The van der Waals surface area contributed by atoms with Crippen molar-refractivity contribution in [3.63, 3.8) is 0 Å². The van der Waals surface area contributed by atoms with Gasteiger partial charge in [0.15, 0.2) is 0 Å². The molecule has 5 rings (SSSR count). The molecule has 1 N–H and O–H groups in total. The van der Waals surface area contributed by atoms with Crippen molar-refractivity contribution >= 4 is 29.3 Å². The summed E-state index contributed by atoms with van der Waals surface area (Å²) in [5.41, 5.74) is 2.21. The molecule has 2 unspecified atom stereocenters. The molecule has 0 saturated carbocycles. The summed E-state index contributed by atoms with van der Waals surface area (Å²) < 4.78 is 6.33. The summed E-state index contributed by atoms with van der Waals surface area (Å²) in [4.78, 5) is 23.3. The number of anilines is 2. The summed E-state index contributed by atoms with van der Waals surface area (Å²) in [6.45, 7) is 1.80. The van der Waals surface area contributed by atoms with Crippen LogP contribution in [0.4, 0.5) is 11.6 Å². The number of fused-ring (bicyclic) bond motifs is 3. The molecule has 0 spiro atoms. The van der Waals surface area contributed by atoms with Crippen LogP contribution in [-0.4, -0.2) is 46.6 Å². The third-order valence-corrected chi connectivity index (χ3v) is 7.07. The number of ether oxygens (including phenoxy) is 1. The van der Waals surface area contributed by atoms with Crippen LogP contribution in [0.25, 0.3) is 0 Å². The van der Waals surface area contributed by atoms with E-state index in [0.717, 1.165) is 61.2 Å². The largest absolute Gasteiger partial charge is 0.490 e. The van der Waals surface area contributed by atoms with E-state index in [9.17, 15) is 4.79 Å². The maximum atomic E-state index is 12.4. The minimum Gasteiger partial charge on any atom is -0.490 e. The molecule has 0 aliphatic carbocycles. The Kier molecular flexibility index (Phi) is 4.84. The normalized spacial score (nSPS) is 24.9. The quantitative estimate of drug-likeness (QED) is 0.859. The van der Waals surface area contributed by atoms with Gasteiger partial charge in [0, 0.05) is 49.8 Å². The predicted molar refractivity (Wildman–Crippen MR) is 111 cm³/mol. The first-order valence-electron chi connectivity index (χ1n) is 9.99. The molecule has 2 fully saturated rings. The second-order valence-electron chi connectivity index (χ2n) is 7.67. The van der Waals surface area contributed by atoms with E-state index in [-0.39, 0.29) is 17.9 Å². The van der Waals surface area contributed by atoms with E-state index >= 15 is 0 Å². The molecule has 6 nitrogen and oxygen atoms in total. The van der Waals surface area contributed by atoms with Crippen LogP contribution in [0, 0.1) is 5.92 Å². The highest BCUT2D eigenvalue weighted by Crippen LogP contribution is 2.44. The van der Waals surface area contributed by atoms with Gasteiger partial charge in [-0.3, -0.25) is 4.79 Å². The fourth-order valence-corrected chi connectivity index (χ4v) is 5.67. The molecule has 2 aromatic rings. The van der Waals surface area contributed by atoms with Crippen molar-refractivity contribution < 1.29 is 9.53 Å². The molecule has 1 aromatic heterocycles. The van der Waals surface area contributed by atoms with Gasteiger partial charge in [-0.1, -0.05) is 0 Å². The second-order valence-corrected chi connectivity index (χ2v) is 8.82. The van der Waals surface area contributed by atoms with Crippen LogP contribution in [0.1, 0.15) is 30.7 Å². The summed E-state index contributed by atoms with van der Waals surface area (Å²) in [6, 6.07) is 8.00. The van der Waals surface area contributed by atoms with Gasteiger partial charge in [0.2, 0.25) is 11.9 Å². The number of nitrogens with one attached hydrogen (secondary N) is 1. The maximum Gasteiger partial charge on any atom is 0.228 e. The number of carbonyl (C=O) groups excluding carboxylic acids is 1. The Hall–Kier alpha value is -2.28. The van der Waals surface area contributed by atoms with Crippen molar-refractivity contribution in [2.24, 2.45) is 5.92 Å². The van der Waals surface area contributed by atoms with Gasteiger partial charge in [-0.25, -0.2) is 9.97 Å². The Balaban J connectivity index is 1.27. The molecular formula is C21H24N4O2S. The number of amides is 1. The number of carbonyl (C=O) groups is 1. The van der Waals surface area contributed by atoms with E-state index in [4.69, 9.17) is 4.74 Å². The van der Waals surface area contributed by atoms with Crippen molar-refractivity contribution in [1.82, 2.24) is 9.97 Å². The molecule has 2 saturated heterocycles. The lowest BCUT2D eigenvalue weighted by Gasteiger charge is -2.36. The number of nitrogens with zero attached hydrogens (tertiary/aromatic N) is 3. The maximum absolute atomic E-state index is 12.4. The monoisotopic (exact) mass is 396 g/mol. The van der Waals surface area contributed by atoms with Crippen LogP contribution < -0.4 is 15.0 Å². The molecule has 3 aliphatic rings. The smallest absolute Gasteiger partial charge is 0.228 e. The molecule has 146 valence electrons. The van der Waals surface area contributed by atoms with Crippen molar-refractivity contribution in [2.45, 2.75) is 31.3 Å². The number of piperidine rings is 1. The Labute approximate surface area is 169 Å². The molecule has 0 radical (unpaired) electrons. The van der Waals surface area contributed by atoms with Gasteiger partial charge in [0.05, 0.1) is 5.92 Å². The second kappa shape index (κ2) is 7.62. The van der Waals surface area contributed by atoms with E-state index in [1.54, 1.807) is 12.4 Å². The molecule has 28 heavy (non-hydrogen) atoms. The van der Waals surface area contributed by atoms with Gasteiger partial charge in [-0.15, -0.1) is 0 Å². The summed E-state index contributed by atoms with van der Waals surface area (Å²) in [5, 5.41) is 3.09. The van der Waals surface area contributed by atoms with E-state index in [1.807, 2.05) is 30.0 Å². The Morgan fingerprint density at radius 1 is 1.11 bits per heavy atom. The molecule has 1 amide bonds. The fraction of sp³-hybridized carbons (Fsp3) is 0.476. The van der Waals surface area contributed by atoms with Crippen molar-refractivity contribution in [1.29, 1.82) is 0 Å². The highest BCUT2D eigenvalue weighted by molar-refractivity contribution is 7.99. The van der Waals surface area contributed by atoms with Crippen LogP contribution in [-0.2, 0) is 4.79 Å². The number of hydrogen-bond donors (Lipinski definition) is 1. The van der Waals surface area contributed by atoms with E-state index in [0.29, 0.717) is 5.92 Å². The number of hydrogen-bond acceptors (Lipinski definition) is 6. The number of rotatable bonds is 3. The van der Waals surface area contributed by atoms with Crippen LogP contribution in [0.2, 0.25) is 0 Å². The van der Waals surface area contributed by atoms with Crippen LogP contribution in [0.3, 0.4) is 0 Å². The molecule has 3 aliphatic heterocycles. The lowest BCUT2D eigenvalue weighted by atomic mass is 9.80. The zero-order chi connectivity index (χ0) is 18.9. The zero-order valence-electron chi connectivity index (χ0n) is 15.7. The Morgan fingerprint density at radius 2 is 1.93 bits per heavy atom. The summed E-state index contributed by atoms with van der Waals surface area (Å²) in [6.07, 6.45) is 6.74. The summed E-state index contributed by atoms with van der Waals surface area (Å²) in [5.74, 6) is 4.35. The van der Waals surface area contributed by atoms with Crippen LogP contribution in [0.15, 0.2) is 36.7 Å². The lowest BCUT2D eigenvalue weighted by Crippen LogP contribution is -2.39. The molecule has 0 bridgehead atoms. The Morgan fingerprint density at radius 3 is 2.75 bits per heavy atom. The SMILES string of the molecule is O=C1Nc2ccc(OC3CCN(c4ncccn4)CC3)cc2C2CCSCC12. The van der Waals surface area contributed by atoms with E-state index in [2.05, 4.69) is 26.3 Å². The first kappa shape index (κ1) is 17.8. The average Bonchev–Trinajstić information content (AvgIpc) is 2.76. The summed E-state index contributed by atoms with van der Waals surface area (Å²) >= 11 is 1.88. The number of benzene rings is 1. The first-order valence-corrected chi connectivity index (χ1v) is 11.1. The van der Waals surface area contributed by atoms with E-state index < -0.39 is 0 Å². The highest BCUT2D eigenvalue weighted by Gasteiger charge is 2.37. The number of thioether (sulfide) groups is 1. The number of aromatic nitrogens is 2. The van der Waals surface area contributed by atoms with Gasteiger partial charge in [-0.05, 0) is 47.9 Å². The predicted octanol–water partition coefficient (Wildman–Crippen LogP) is 3.31. The molecule has 2 atom stereocenters. The van der Waals surface area contributed by atoms with Crippen molar-refractivity contribution in [3.8, 4) is 5.75 Å². The third kappa shape index (κ3) is 3.43. The van der Waals surface area contributed by atoms with Crippen LogP contribution in [0.5, 0.6) is 5.75 Å². The minimum absolute atomic E-state index is 0.0932. The van der Waals surface area contributed by atoms with Gasteiger partial charge < -0.3 is 15.0 Å². The van der Waals surface area contributed by atoms with Gasteiger partial charge in [-0.2, -0.15) is 11.8 Å². The standard InChI is InChI=1S/C21H24N4O2S/c26-20-18-13-28-11-6-16(18)17-12-15(2-3-19(17)24-20)27-14-4-9-25(10-5-14)21-22-7-1-8-23-21/h1-3,7-8,12,14,16,18H,4-6,9-11,13H2,(H,24,26). The van der Waals surface area contributed by atoms with Crippen molar-refractivity contribution in [3.05, 3.63) is 42.2 Å². The molecular weight excluding hydrogens is 372 g/mol. The topological polar surface area (TPSA) is 67.3 Å². The van der Waals surface area contributed by atoms with Crippen LogP contribution >= 0.6 is 11.8 Å². The average molecular weight is 397 g/mol. The zero-order valence-corrected chi connectivity index (χ0v) is 16.5. The fourth-order valence-electron chi connectivity index (χ4n) is 4.45.